The van der Waals surface area contributed by atoms with Crippen molar-refractivity contribution < 1.29 is 9.53 Å². The summed E-state index contributed by atoms with van der Waals surface area (Å²) >= 11 is 2.88. The number of thiophene rings is 1. The van der Waals surface area contributed by atoms with E-state index in [0.717, 1.165) is 37.0 Å². The Morgan fingerprint density at radius 3 is 2.58 bits per heavy atom. The first-order valence-corrected chi connectivity index (χ1v) is 14.2. The minimum absolute atomic E-state index is 0.0956. The van der Waals surface area contributed by atoms with Crippen LogP contribution in [0.4, 0.5) is 5.00 Å². The van der Waals surface area contributed by atoms with Crippen molar-refractivity contribution in [3.63, 3.8) is 0 Å². The van der Waals surface area contributed by atoms with Crippen molar-refractivity contribution in [3.05, 3.63) is 51.7 Å². The second kappa shape index (κ2) is 11.5. The summed E-state index contributed by atoms with van der Waals surface area (Å²) in [7, 11) is 1.87. The molecule has 0 unspecified atom stereocenters. The van der Waals surface area contributed by atoms with Gasteiger partial charge in [0, 0.05) is 11.9 Å². The van der Waals surface area contributed by atoms with Crippen LogP contribution in [0.25, 0.3) is 0 Å². The van der Waals surface area contributed by atoms with Crippen molar-refractivity contribution >= 4 is 34.0 Å². The lowest BCUT2D eigenvalue weighted by atomic mass is 9.87. The predicted octanol–water partition coefficient (Wildman–Crippen LogP) is 6.01. The third-order valence-electron chi connectivity index (χ3n) is 6.38. The molecule has 0 fully saturated rings. The Kier molecular flexibility index (Phi) is 8.37. The zero-order chi connectivity index (χ0) is 25.7. The van der Waals surface area contributed by atoms with Gasteiger partial charge in [-0.15, -0.1) is 21.5 Å². The number of nitriles is 1. The van der Waals surface area contributed by atoms with Gasteiger partial charge >= 0.3 is 0 Å². The Hall–Kier alpha value is -2.83. The molecule has 4 rings (SSSR count). The quantitative estimate of drug-likeness (QED) is 0.381. The number of carbonyl (C=O) groups excluding carboxylic acids is 1. The van der Waals surface area contributed by atoms with Crippen molar-refractivity contribution in [3.8, 4) is 11.8 Å². The lowest BCUT2D eigenvalue weighted by molar-refractivity contribution is -0.113. The maximum absolute atomic E-state index is 12.7. The van der Waals surface area contributed by atoms with Crippen LogP contribution in [0.1, 0.15) is 73.8 Å². The van der Waals surface area contributed by atoms with Crippen molar-refractivity contribution in [2.24, 2.45) is 7.05 Å². The maximum atomic E-state index is 12.7. The van der Waals surface area contributed by atoms with Crippen LogP contribution in [0.15, 0.2) is 29.4 Å². The monoisotopic (exact) mass is 523 g/mol. The van der Waals surface area contributed by atoms with Gasteiger partial charge in [-0.2, -0.15) is 5.26 Å². The highest BCUT2D eigenvalue weighted by atomic mass is 32.2. The Morgan fingerprint density at radius 1 is 1.17 bits per heavy atom. The highest BCUT2D eigenvalue weighted by Gasteiger charge is 2.21. The number of anilines is 1. The molecule has 0 bridgehead atoms. The van der Waals surface area contributed by atoms with Crippen LogP contribution in [0.5, 0.6) is 5.75 Å². The summed E-state index contributed by atoms with van der Waals surface area (Å²) in [6, 6.07) is 10.4. The molecule has 1 aliphatic carbocycles. The minimum atomic E-state index is -0.148. The van der Waals surface area contributed by atoms with Gasteiger partial charge in [0.2, 0.25) is 5.91 Å². The van der Waals surface area contributed by atoms with Crippen LogP contribution >= 0.6 is 23.1 Å². The molecule has 3 aromatic rings. The van der Waals surface area contributed by atoms with E-state index in [4.69, 9.17) is 4.74 Å². The van der Waals surface area contributed by atoms with Gasteiger partial charge in [-0.25, -0.2) is 0 Å². The first-order valence-electron chi connectivity index (χ1n) is 12.3. The summed E-state index contributed by atoms with van der Waals surface area (Å²) in [4.78, 5) is 14.0. The molecule has 0 spiro atoms. The topological polar surface area (TPSA) is 92.8 Å². The molecule has 7 nitrogen and oxygen atoms in total. The number of nitrogens with zero attached hydrogens (tertiary/aromatic N) is 4. The zero-order valence-electron chi connectivity index (χ0n) is 21.4. The molecule has 36 heavy (non-hydrogen) atoms. The number of ether oxygens (including phenoxy) is 1. The van der Waals surface area contributed by atoms with Crippen LogP contribution in [0, 0.1) is 11.3 Å². The Labute approximate surface area is 221 Å². The van der Waals surface area contributed by atoms with Crippen LogP contribution in [0.3, 0.4) is 0 Å². The largest absolute Gasteiger partial charge is 0.486 e. The lowest BCUT2D eigenvalue weighted by Gasteiger charge is -2.19. The second-order valence-electron chi connectivity index (χ2n) is 10.1. The van der Waals surface area contributed by atoms with Crippen molar-refractivity contribution in [1.82, 2.24) is 14.8 Å². The molecular formula is C27H33N5O2S2. The van der Waals surface area contributed by atoms with Crippen LogP contribution < -0.4 is 10.1 Å². The molecule has 1 aliphatic rings. The van der Waals surface area contributed by atoms with Gasteiger partial charge in [-0.05, 0) is 54.4 Å². The average Bonchev–Trinajstić information content (AvgIpc) is 3.34. The highest BCUT2D eigenvalue weighted by Crippen LogP contribution is 2.36. The van der Waals surface area contributed by atoms with Gasteiger partial charge in [0.15, 0.2) is 11.0 Å². The molecule has 1 amide bonds. The van der Waals surface area contributed by atoms with Gasteiger partial charge in [0.05, 0.1) is 11.3 Å². The number of carbonyl (C=O) groups is 1. The van der Waals surface area contributed by atoms with E-state index in [1.807, 2.05) is 23.7 Å². The third kappa shape index (κ3) is 6.29. The van der Waals surface area contributed by atoms with E-state index in [1.165, 1.54) is 35.0 Å². The molecule has 190 valence electrons. The van der Waals surface area contributed by atoms with Crippen molar-refractivity contribution in [2.45, 2.75) is 76.5 Å². The summed E-state index contributed by atoms with van der Waals surface area (Å²) in [5, 5.41) is 22.5. The summed E-state index contributed by atoms with van der Waals surface area (Å²) < 4.78 is 7.75. The van der Waals surface area contributed by atoms with E-state index in [0.29, 0.717) is 21.5 Å². The fraction of sp³-hybridized carbons (Fsp3) is 0.481. The first kappa shape index (κ1) is 26.2. The number of aryl methyl sites for hydroxylation is 1. The fourth-order valence-corrected chi connectivity index (χ4v) is 6.20. The van der Waals surface area contributed by atoms with E-state index >= 15 is 0 Å². The third-order valence-corrected chi connectivity index (χ3v) is 8.61. The number of nitrogens with one attached hydrogen (secondary N) is 1. The molecule has 9 heteroatoms. The number of fused-ring (bicyclic) bond motifs is 1. The molecule has 2 heterocycles. The number of rotatable bonds is 7. The summed E-state index contributed by atoms with van der Waals surface area (Å²) in [5.74, 6) is 1.50. The number of amides is 1. The van der Waals surface area contributed by atoms with E-state index in [9.17, 15) is 10.1 Å². The predicted molar refractivity (Wildman–Crippen MR) is 145 cm³/mol. The Balaban J connectivity index is 1.33. The van der Waals surface area contributed by atoms with E-state index in [-0.39, 0.29) is 23.7 Å². The normalized spacial score (nSPS) is 13.9. The van der Waals surface area contributed by atoms with Gasteiger partial charge in [-0.1, -0.05) is 57.5 Å². The SMILES string of the molecule is Cn1c(COc2ccc(C(C)(C)C)cc2)nnc1SCC(=O)Nc1sc2c(c1C#N)CCCCCC2. The number of aromatic nitrogens is 3. The second-order valence-corrected chi connectivity index (χ2v) is 12.1. The van der Waals surface area contributed by atoms with E-state index in [1.54, 1.807) is 11.3 Å². The summed E-state index contributed by atoms with van der Waals surface area (Å²) in [6.45, 7) is 6.83. The first-order chi connectivity index (χ1) is 17.3. The van der Waals surface area contributed by atoms with Gasteiger partial charge in [0.1, 0.15) is 23.4 Å². The molecule has 1 aromatic carbocycles. The van der Waals surface area contributed by atoms with Crippen molar-refractivity contribution in [1.29, 1.82) is 5.26 Å². The molecule has 0 saturated heterocycles. The summed E-state index contributed by atoms with van der Waals surface area (Å²) in [5.41, 5.74) is 3.12. The fourth-order valence-electron chi connectivity index (χ4n) is 4.21. The molecule has 2 aromatic heterocycles. The molecule has 0 atom stereocenters. The van der Waals surface area contributed by atoms with Crippen molar-refractivity contribution in [2.75, 3.05) is 11.1 Å². The number of benzene rings is 1. The summed E-state index contributed by atoms with van der Waals surface area (Å²) in [6.07, 6.45) is 6.58. The molecule has 0 aliphatic heterocycles. The standard InChI is InChI=1S/C27H33N5O2S2/c1-27(2,3)18-11-13-19(14-12-18)34-16-23-30-31-26(32(23)4)35-17-24(33)29-25-21(15-28)20-9-7-5-6-8-10-22(20)36-25/h11-14H,5-10,16-17H2,1-4H3,(H,29,33). The molecule has 1 N–H and O–H groups in total. The van der Waals surface area contributed by atoms with Crippen LogP contribution in [0.2, 0.25) is 0 Å². The smallest absolute Gasteiger partial charge is 0.235 e. The van der Waals surface area contributed by atoms with Gasteiger partial charge in [0.25, 0.3) is 0 Å². The number of hydrogen-bond donors (Lipinski definition) is 1. The van der Waals surface area contributed by atoms with Crippen LogP contribution in [-0.4, -0.2) is 26.4 Å². The molecule has 0 saturated carbocycles. The average molecular weight is 524 g/mol. The lowest BCUT2D eigenvalue weighted by Crippen LogP contribution is -2.14. The molecule has 0 radical (unpaired) electrons. The van der Waals surface area contributed by atoms with E-state index in [2.05, 4.69) is 54.5 Å². The maximum Gasteiger partial charge on any atom is 0.235 e. The number of thioether (sulfide) groups is 1. The van der Waals surface area contributed by atoms with Gasteiger partial charge < -0.3 is 14.6 Å². The minimum Gasteiger partial charge on any atom is -0.486 e. The Morgan fingerprint density at radius 2 is 1.89 bits per heavy atom. The molecular weight excluding hydrogens is 490 g/mol. The van der Waals surface area contributed by atoms with E-state index < -0.39 is 0 Å². The van der Waals surface area contributed by atoms with Gasteiger partial charge in [-0.3, -0.25) is 4.79 Å². The zero-order valence-corrected chi connectivity index (χ0v) is 23.0. The highest BCUT2D eigenvalue weighted by molar-refractivity contribution is 7.99. The number of hydrogen-bond acceptors (Lipinski definition) is 7. The van der Waals surface area contributed by atoms with Crippen LogP contribution in [-0.2, 0) is 36.7 Å². The Bertz CT molecular complexity index is 1250.